The van der Waals surface area contributed by atoms with Gasteiger partial charge >= 0.3 is 23.9 Å². The molecule has 0 amide bonds. The van der Waals surface area contributed by atoms with Crippen LogP contribution in [-0.4, -0.2) is 35.8 Å². The van der Waals surface area contributed by atoms with Gasteiger partial charge in [0, 0.05) is 11.5 Å². The fourth-order valence-electron chi connectivity index (χ4n) is 4.50. The first-order valence-corrected chi connectivity index (χ1v) is 18.4. The number of aromatic carboxylic acids is 1. The second kappa shape index (κ2) is 45.1. The minimum atomic E-state index is -1.11. The Morgan fingerprint density at radius 2 is 0.822 bits per heavy atom. The molecule has 0 heterocycles. The number of carboxylic acid groups (broad SMARTS) is 2. The van der Waals surface area contributed by atoms with Gasteiger partial charge < -0.3 is 19.8 Å². The van der Waals surface area contributed by atoms with Crippen molar-refractivity contribution in [3.05, 3.63) is 49.2 Å². The van der Waals surface area contributed by atoms with Gasteiger partial charge in [0.25, 0.3) is 0 Å². The van der Waals surface area contributed by atoms with Gasteiger partial charge in [0.05, 0.1) is 5.97 Å². The third kappa shape index (κ3) is 47.5. The van der Waals surface area contributed by atoms with Crippen LogP contribution >= 0.6 is 0 Å². The van der Waals surface area contributed by atoms with E-state index in [1.807, 2.05) is 0 Å². The molecule has 0 unspecified atom stereocenters. The monoisotopic (exact) mass is 736 g/mol. The first-order valence-electron chi connectivity index (χ1n) is 18.4. The molecular weight excluding hydrogens is 663 g/mol. The van der Waals surface area contributed by atoms with E-state index < -0.39 is 11.9 Å². The van der Waals surface area contributed by atoms with Crippen LogP contribution in [-0.2, 0) is 4.79 Å². The maximum absolute atomic E-state index is 10.3. The van der Waals surface area contributed by atoms with Crippen molar-refractivity contribution in [3.63, 3.8) is 0 Å². The quantitative estimate of drug-likeness (QED) is 0.0740. The van der Waals surface area contributed by atoms with Crippen LogP contribution < -0.4 is 10.2 Å². The van der Waals surface area contributed by atoms with Crippen LogP contribution in [0.1, 0.15) is 204 Å². The summed E-state index contributed by atoms with van der Waals surface area (Å²) in [5, 5.41) is 20.6. The molecule has 1 rings (SSSR count). The van der Waals surface area contributed by atoms with Crippen LogP contribution in [0.25, 0.3) is 0 Å². The zero-order valence-electron chi connectivity index (χ0n) is 30.2. The van der Waals surface area contributed by atoms with Crippen LogP contribution in [0.5, 0.6) is 0 Å². The van der Waals surface area contributed by atoms with E-state index in [9.17, 15) is 19.8 Å². The van der Waals surface area contributed by atoms with E-state index in [1.165, 1.54) is 141 Å². The fourth-order valence-corrected chi connectivity index (χ4v) is 4.50. The van der Waals surface area contributed by atoms with Gasteiger partial charge in [-0.25, -0.2) is 0 Å². The Bertz CT molecular complexity index is 699. The van der Waals surface area contributed by atoms with Gasteiger partial charge in [0.2, 0.25) is 0 Å². The van der Waals surface area contributed by atoms with Crippen LogP contribution in [0.4, 0.5) is 0 Å². The van der Waals surface area contributed by atoms with Crippen LogP contribution in [0.3, 0.4) is 0 Å². The number of carbonyl (C=O) groups excluding carboxylic acids is 2. The van der Waals surface area contributed by atoms with Crippen molar-refractivity contribution in [2.75, 3.05) is 0 Å². The summed E-state index contributed by atoms with van der Waals surface area (Å²) in [4.78, 5) is 20.6. The molecule has 1 aromatic carbocycles. The molecule has 0 spiro atoms. The Balaban J connectivity index is -0.000000358. The molecule has 0 saturated heterocycles. The third-order valence-electron chi connectivity index (χ3n) is 7.56. The predicted molar refractivity (Wildman–Crippen MR) is 194 cm³/mol. The number of hydrogen-bond donors (Lipinski definition) is 0. The van der Waals surface area contributed by atoms with E-state index in [4.69, 9.17) is 0 Å². The standard InChI is InChI=1S/C24H48O2.C8H8O2.2C4H9.Sn/c1-2-3-4-5-6-7-8-9-10-11-12-13-14-15-16-17-18-19-20-21-22-23-24(25)26;1-6-4-2-3-5-7(6)8(9)10;2*1-3-4-2;/h2-23H2,1H3,(H,25,26);2-5H,1H3,(H,9,10);2*1,3-4H2,2H3;/q;;;;+2/p-2. The van der Waals surface area contributed by atoms with E-state index in [-0.39, 0.29) is 35.9 Å². The van der Waals surface area contributed by atoms with Gasteiger partial charge in [0.15, 0.2) is 0 Å². The van der Waals surface area contributed by atoms with Gasteiger partial charge in [-0.15, -0.1) is 0 Å². The Morgan fingerprint density at radius 1 is 0.533 bits per heavy atom. The van der Waals surface area contributed by atoms with E-state index in [0.717, 1.165) is 31.2 Å². The van der Waals surface area contributed by atoms with Gasteiger partial charge in [-0.1, -0.05) is 213 Å². The van der Waals surface area contributed by atoms with Crippen molar-refractivity contribution in [2.45, 2.75) is 195 Å². The SMILES string of the molecule is CCCCCCCCCCCCCCCCCCCCCCCC(=O)[O-].Cc1ccccc1C(=O)[O-].[CH2]CCC.[CH2]CCC.[Sn+2]. The molecule has 0 fully saturated rings. The largest absolute Gasteiger partial charge is 2.00 e. The minimum Gasteiger partial charge on any atom is -0.550 e. The van der Waals surface area contributed by atoms with Crippen LogP contribution in [0.2, 0.25) is 0 Å². The summed E-state index contributed by atoms with van der Waals surface area (Å²) < 4.78 is 0. The Hall–Kier alpha value is -1.04. The smallest absolute Gasteiger partial charge is 0.550 e. The fraction of sp³-hybridized carbons (Fsp3) is 0.750. The molecular formula is C40H72O4Sn. The molecule has 0 aliphatic rings. The van der Waals surface area contributed by atoms with Gasteiger partial charge in [-0.2, -0.15) is 0 Å². The molecule has 0 aliphatic heterocycles. The van der Waals surface area contributed by atoms with Crippen molar-refractivity contribution in [3.8, 4) is 0 Å². The molecule has 5 heteroatoms. The maximum Gasteiger partial charge on any atom is 2.00 e. The summed E-state index contributed by atoms with van der Waals surface area (Å²) in [5.74, 6) is -2.01. The van der Waals surface area contributed by atoms with Crippen molar-refractivity contribution in [1.82, 2.24) is 0 Å². The molecule has 0 saturated carbocycles. The molecule has 1 aromatic rings. The molecule has 0 aromatic heterocycles. The molecule has 45 heavy (non-hydrogen) atoms. The number of unbranched alkanes of at least 4 members (excludes halogenated alkanes) is 22. The van der Waals surface area contributed by atoms with Crippen molar-refractivity contribution in [2.24, 2.45) is 0 Å². The Labute approximate surface area is 298 Å². The van der Waals surface area contributed by atoms with Crippen LogP contribution in [0.15, 0.2) is 24.3 Å². The second-order valence-electron chi connectivity index (χ2n) is 12.0. The van der Waals surface area contributed by atoms with E-state index in [0.29, 0.717) is 0 Å². The Kier molecular flexibility index (Phi) is 50.9. The summed E-state index contributed by atoms with van der Waals surface area (Å²) in [5.41, 5.74) is 1.00. The molecule has 260 valence electrons. The second-order valence-corrected chi connectivity index (χ2v) is 12.0. The first kappa shape index (κ1) is 50.8. The first-order chi connectivity index (χ1) is 21.3. The summed E-state index contributed by atoms with van der Waals surface area (Å²) in [6.07, 6.45) is 33.3. The zero-order valence-corrected chi connectivity index (χ0v) is 33.1. The number of carbonyl (C=O) groups is 2. The normalized spacial score (nSPS) is 9.82. The summed E-state index contributed by atoms with van der Waals surface area (Å²) >= 11 is 0. The molecule has 0 atom stereocenters. The number of carboxylic acids is 2. The Morgan fingerprint density at radius 3 is 1.04 bits per heavy atom. The number of rotatable bonds is 25. The average Bonchev–Trinajstić information content (AvgIpc) is 3.02. The van der Waals surface area contributed by atoms with Crippen LogP contribution in [0, 0.1) is 20.8 Å². The summed E-state index contributed by atoms with van der Waals surface area (Å²) in [6.45, 7) is 15.5. The minimum absolute atomic E-state index is 0. The molecule has 4 radical (unpaired) electrons. The third-order valence-corrected chi connectivity index (χ3v) is 7.56. The summed E-state index contributed by atoms with van der Waals surface area (Å²) in [6, 6.07) is 6.75. The number of aryl methyl sites for hydroxylation is 1. The van der Waals surface area contributed by atoms with E-state index in [2.05, 4.69) is 34.6 Å². The van der Waals surface area contributed by atoms with Crippen molar-refractivity contribution >= 4 is 35.8 Å². The molecule has 0 N–H and O–H groups in total. The maximum atomic E-state index is 10.3. The van der Waals surface area contributed by atoms with E-state index in [1.54, 1.807) is 25.1 Å². The van der Waals surface area contributed by atoms with Crippen molar-refractivity contribution in [1.29, 1.82) is 0 Å². The van der Waals surface area contributed by atoms with Gasteiger partial charge in [0.1, 0.15) is 0 Å². The zero-order chi connectivity index (χ0) is 33.5. The van der Waals surface area contributed by atoms with E-state index >= 15 is 0 Å². The number of aliphatic carboxylic acids is 1. The van der Waals surface area contributed by atoms with Gasteiger partial charge in [-0.05, 0) is 25.3 Å². The number of hydrogen-bond acceptors (Lipinski definition) is 4. The van der Waals surface area contributed by atoms with Gasteiger partial charge in [-0.3, -0.25) is 0 Å². The van der Waals surface area contributed by atoms with Crippen molar-refractivity contribution < 1.29 is 19.8 Å². The predicted octanol–water partition coefficient (Wildman–Crippen LogP) is 10.6. The number of benzene rings is 1. The summed E-state index contributed by atoms with van der Waals surface area (Å²) in [7, 11) is 0. The molecule has 0 bridgehead atoms. The topological polar surface area (TPSA) is 80.3 Å². The molecule has 0 aliphatic carbocycles. The average molecular weight is 736 g/mol. The molecule has 4 nitrogen and oxygen atoms in total.